The van der Waals surface area contributed by atoms with Gasteiger partial charge in [0.05, 0.1) is 191 Å². The average Bonchev–Trinajstić information content (AvgIpc) is 1.65. The molecule has 4 aromatic rings. The minimum absolute atomic E-state index is 0.00900. The van der Waals surface area contributed by atoms with Gasteiger partial charge in [-0.25, -0.2) is 28.7 Å². The second kappa shape index (κ2) is 77.2. The summed E-state index contributed by atoms with van der Waals surface area (Å²) in [6.07, 6.45) is 5.02. The van der Waals surface area contributed by atoms with Crippen LogP contribution in [0.4, 0.5) is 21.0 Å². The van der Waals surface area contributed by atoms with Crippen LogP contribution in [0.3, 0.4) is 0 Å². The van der Waals surface area contributed by atoms with Gasteiger partial charge >= 0.3 is 59.8 Å². The highest BCUT2D eigenvalue weighted by molar-refractivity contribution is 14.1. The molecular weight excluding hydrogens is 2050 g/mol. The lowest BCUT2D eigenvalue weighted by molar-refractivity contribution is -0.142. The summed E-state index contributed by atoms with van der Waals surface area (Å²) in [4.78, 5) is 174. The van der Waals surface area contributed by atoms with E-state index >= 15 is 0 Å². The van der Waals surface area contributed by atoms with Crippen molar-refractivity contribution in [1.29, 1.82) is 0 Å². The number of unbranched alkanes of at least 4 members (excludes halogenated alkanes) is 3. The highest BCUT2D eigenvalue weighted by Crippen LogP contribution is 2.48. The van der Waals surface area contributed by atoms with Crippen molar-refractivity contribution in [2.45, 2.75) is 133 Å². The number of nitrogens with zero attached hydrogens (tertiary/aromatic N) is 6. The maximum absolute atomic E-state index is 13.7. The molecule has 8 amide bonds. The number of anilines is 2. The normalized spacial score (nSPS) is 13.5. The summed E-state index contributed by atoms with van der Waals surface area (Å²) in [6.45, 7) is 7.85. The number of carbonyl (C=O) groups is 14. The Hall–Kier alpha value is -11.2. The molecule has 50 nitrogen and oxygen atoms in total. The second-order valence-corrected chi connectivity index (χ2v) is 35.2. The number of halogens is 1. The van der Waals surface area contributed by atoms with Crippen LogP contribution in [0.15, 0.2) is 79.0 Å². The van der Waals surface area contributed by atoms with Crippen LogP contribution in [-0.4, -0.2) is 427 Å². The lowest BCUT2D eigenvalue weighted by Gasteiger charge is -2.28. The molecule has 4 unspecified atom stereocenters. The van der Waals surface area contributed by atoms with E-state index < -0.39 is 115 Å². The molecule has 3 aromatic carbocycles. The second-order valence-electron chi connectivity index (χ2n) is 33.6. The molecule has 1 aromatic heterocycles. The van der Waals surface area contributed by atoms with Crippen molar-refractivity contribution in [1.82, 2.24) is 77.5 Å². The van der Waals surface area contributed by atoms with Crippen LogP contribution in [0.5, 0.6) is 0 Å². The number of hydrogen-bond donors (Lipinski definition) is 19. The van der Waals surface area contributed by atoms with Gasteiger partial charge in [-0.05, 0) is 165 Å². The van der Waals surface area contributed by atoms with E-state index in [2.05, 4.69) is 91.4 Å². The van der Waals surface area contributed by atoms with Gasteiger partial charge in [-0.2, -0.15) is 0 Å². The van der Waals surface area contributed by atoms with E-state index in [0.29, 0.717) is 153 Å². The minimum atomic E-state index is -1.54. The first kappa shape index (κ1) is 125. The van der Waals surface area contributed by atoms with E-state index in [9.17, 15) is 97.8 Å². The molecule has 0 saturated heterocycles. The van der Waals surface area contributed by atoms with Gasteiger partial charge in [0.2, 0.25) is 23.6 Å². The quantitative estimate of drug-likeness (QED) is 0.0170. The van der Waals surface area contributed by atoms with E-state index in [1.54, 1.807) is 49.8 Å². The number of carboxylic acid groups (broad SMARTS) is 8. The van der Waals surface area contributed by atoms with Crippen molar-refractivity contribution in [3.8, 4) is 11.3 Å². The predicted octanol–water partition coefficient (Wildman–Crippen LogP) is 1.67. The molecule has 0 bridgehead atoms. The number of urea groups is 2. The van der Waals surface area contributed by atoms with Crippen molar-refractivity contribution in [3.63, 3.8) is 0 Å². The summed E-state index contributed by atoms with van der Waals surface area (Å²) in [5, 5.41) is 114. The number of rotatable bonds is 90. The van der Waals surface area contributed by atoms with Gasteiger partial charge in [-0.1, -0.05) is 41.6 Å². The van der Waals surface area contributed by atoms with E-state index in [1.165, 1.54) is 0 Å². The van der Waals surface area contributed by atoms with Gasteiger partial charge in [0, 0.05) is 112 Å². The highest BCUT2D eigenvalue weighted by Gasteiger charge is 2.40. The number of thiocarbonyl (C=S) groups is 1. The topological polar surface area (TPSA) is 675 Å². The summed E-state index contributed by atoms with van der Waals surface area (Å²) in [7, 11) is 0. The number of benzene rings is 3. The van der Waals surface area contributed by atoms with Crippen LogP contribution >= 0.6 is 34.8 Å². The lowest BCUT2D eigenvalue weighted by atomic mass is 10.1. The molecular formula is C94H144IN17O33S. The fourth-order valence-electron chi connectivity index (χ4n) is 14.1. The Balaban J connectivity index is 0.931. The molecule has 0 radical (unpaired) electrons. The number of aliphatic carboxylic acids is 8. The Kier molecular flexibility index (Phi) is 66.3. The zero-order chi connectivity index (χ0) is 106. The monoisotopic (exact) mass is 2200 g/mol. The summed E-state index contributed by atoms with van der Waals surface area (Å²) in [5.41, 5.74) is 4.30. The SMILES string of the molecule is O=C(O)CC[C@H](NC(=O)NC(CCCCNC(=O)Nc1cccc(-c2cn(CCOCCOCCOCCC(=O)N[C@@H](CCCCNC(=S)Nc3ccc(C4CC4CN(CCN(CCN(CCNCC(=O)O)CC(=O)O)CC(=O)O)CC(=O)O)cc3)C(=O)NCCOCCOCCOCCOCCOCCOCCOCCOCCC(=O)NC(CCCCNC(=O)Cc3ccc(I)cc3)C(=O)O)nn2)c1)C(=O)O)C(=O)O. The molecule has 5 rings (SSSR count). The average molecular weight is 2200 g/mol. The van der Waals surface area contributed by atoms with E-state index in [0.717, 1.165) is 26.8 Å². The molecule has 1 aliphatic carbocycles. The molecule has 1 saturated carbocycles. The first-order chi connectivity index (χ1) is 70.4. The molecule has 1 heterocycles. The fraction of sp³-hybridized carbons (Fsp3) is 0.628. The first-order valence-corrected chi connectivity index (χ1v) is 50.0. The first-order valence-electron chi connectivity index (χ1n) is 48.5. The molecule has 6 atom stereocenters. The zero-order valence-corrected chi connectivity index (χ0v) is 85.2. The Labute approximate surface area is 865 Å². The van der Waals surface area contributed by atoms with Crippen LogP contribution < -0.4 is 58.5 Å². The predicted molar refractivity (Wildman–Crippen MR) is 538 cm³/mol. The summed E-state index contributed by atoms with van der Waals surface area (Å²) in [6, 6.07) is 15.8. The highest BCUT2D eigenvalue weighted by atomic mass is 127. The molecule has 1 fully saturated rings. The maximum atomic E-state index is 13.7. The summed E-state index contributed by atoms with van der Waals surface area (Å²) < 4.78 is 64.3. The lowest BCUT2D eigenvalue weighted by Crippen LogP contribution is -2.51. The van der Waals surface area contributed by atoms with Crippen LogP contribution in [-0.2, 0) is 123 Å². The molecule has 19 N–H and O–H groups in total. The standard InChI is InChI=1S/C94H144IN17O33S/c95-71-17-13-67(14-18-71)58-82(115)97-25-4-2-11-76(89(127)128)104-81(114)24-37-136-41-45-140-48-50-142-52-54-144-56-57-145-55-53-143-51-49-141-46-42-137-38-29-98-88(126)75(10-1-6-27-100-94(146)102-72-19-15-68(16-20-72)74-60-70(74)62-111(66-87(124)125)34-33-110(65-86(122)123)32-31-109(64-85(120)121)30-28-96-61-84(118)119)103-80(113)23-36-135-40-44-139-47-43-138-39-35-112-63-79(107-108-112)69-8-7-9-73(59-69)101-92(133)99-26-5-3-12-77(90(129)130)105-93(134)106-78(91(131)132)21-22-83(116)117/h7-9,13-20,59,63,70,74-78,96H,1-6,10-12,21-58,60-62,64-66H2,(H,97,115)(H,98,126)(H,103,113)(H,104,114)(H,116,117)(H,118,119)(H,120,121)(H,122,123)(H,124,125)(H,127,128)(H,129,130)(H,131,132)(H2,99,101,133)(H2,100,102,146)(H2,105,106,134)/t70?,74?,75-,76?,77?,78-/m0/s1. The number of hydrogen-bond acceptors (Lipinski definition) is 32. The van der Waals surface area contributed by atoms with Gasteiger partial charge in [0.1, 0.15) is 29.9 Å². The Morgan fingerprint density at radius 1 is 0.411 bits per heavy atom. The van der Waals surface area contributed by atoms with Crippen molar-refractivity contribution < 1.29 is 160 Å². The molecule has 0 spiro atoms. The maximum Gasteiger partial charge on any atom is 0.326 e. The van der Waals surface area contributed by atoms with Crippen LogP contribution in [0, 0.1) is 9.49 Å². The number of carbonyl (C=O) groups excluding carboxylic acids is 6. The number of carboxylic acids is 8. The van der Waals surface area contributed by atoms with Crippen molar-refractivity contribution in [3.05, 3.63) is 93.7 Å². The van der Waals surface area contributed by atoms with Gasteiger partial charge in [0.15, 0.2) is 5.11 Å². The van der Waals surface area contributed by atoms with E-state index in [4.69, 9.17) is 74.5 Å². The van der Waals surface area contributed by atoms with Crippen LogP contribution in [0.1, 0.15) is 107 Å². The largest absolute Gasteiger partial charge is 0.481 e. The summed E-state index contributed by atoms with van der Waals surface area (Å²) in [5.74, 6) is -10.6. The van der Waals surface area contributed by atoms with Crippen LogP contribution in [0.25, 0.3) is 11.3 Å². The third kappa shape index (κ3) is 62.7. The van der Waals surface area contributed by atoms with Gasteiger partial charge in [-0.3, -0.25) is 57.9 Å². The third-order valence-corrected chi connectivity index (χ3v) is 22.7. The molecule has 52 heteroatoms. The summed E-state index contributed by atoms with van der Waals surface area (Å²) >= 11 is 7.82. The van der Waals surface area contributed by atoms with Crippen molar-refractivity contribution >= 4 is 135 Å². The van der Waals surface area contributed by atoms with Crippen LogP contribution in [0.2, 0.25) is 0 Å². The minimum Gasteiger partial charge on any atom is -0.481 e. The van der Waals surface area contributed by atoms with Gasteiger partial charge in [0.25, 0.3) is 0 Å². The Bertz CT molecular complexity index is 4520. The number of amides is 8. The zero-order valence-electron chi connectivity index (χ0n) is 82.2. The smallest absolute Gasteiger partial charge is 0.326 e. The third-order valence-electron chi connectivity index (χ3n) is 21.8. The Morgan fingerprint density at radius 3 is 1.37 bits per heavy atom. The van der Waals surface area contributed by atoms with Crippen molar-refractivity contribution in [2.75, 3.05) is 254 Å². The van der Waals surface area contributed by atoms with Gasteiger partial charge < -0.3 is 151 Å². The molecule has 0 aliphatic heterocycles. The molecule has 146 heavy (non-hydrogen) atoms. The van der Waals surface area contributed by atoms with E-state index in [1.807, 2.05) is 48.5 Å². The number of aromatic nitrogens is 3. The molecule has 1 aliphatic rings. The number of nitrogens with one attached hydrogen (secondary N) is 11. The van der Waals surface area contributed by atoms with Gasteiger partial charge in [-0.15, -0.1) is 5.10 Å². The molecule has 816 valence electrons. The Morgan fingerprint density at radius 2 is 0.863 bits per heavy atom. The van der Waals surface area contributed by atoms with E-state index in [-0.39, 0.29) is 214 Å². The number of ether oxygens (including phenoxy) is 11. The fourth-order valence-corrected chi connectivity index (χ4v) is 14.7. The van der Waals surface area contributed by atoms with Crippen molar-refractivity contribution in [2.24, 2.45) is 5.92 Å².